The van der Waals surface area contributed by atoms with Gasteiger partial charge < -0.3 is 9.47 Å². The number of carbonyl (C=O) groups excluding carboxylic acids is 1. The number of nitrogens with zero attached hydrogens (tertiary/aromatic N) is 1. The Labute approximate surface area is 226 Å². The van der Waals surface area contributed by atoms with Crippen LogP contribution in [0.5, 0.6) is 5.88 Å². The van der Waals surface area contributed by atoms with E-state index in [4.69, 9.17) is 9.47 Å². The van der Waals surface area contributed by atoms with Crippen molar-refractivity contribution in [2.45, 2.75) is 32.5 Å². The van der Waals surface area contributed by atoms with E-state index >= 15 is 0 Å². The van der Waals surface area contributed by atoms with Crippen LogP contribution in [0.25, 0.3) is 11.1 Å². The van der Waals surface area contributed by atoms with E-state index in [0.29, 0.717) is 30.0 Å². The second-order valence-corrected chi connectivity index (χ2v) is 9.20. The summed E-state index contributed by atoms with van der Waals surface area (Å²) in [6.45, 7) is -0.659. The Bertz CT molecular complexity index is 1620. The number of benzene rings is 3. The van der Waals surface area contributed by atoms with Crippen LogP contribution in [0.3, 0.4) is 0 Å². The highest BCUT2D eigenvalue weighted by molar-refractivity contribution is 5.96. The number of halogens is 5. The standard InChI is InChI=1S/C31H22F5NO3/c32-21-9-6-19(28(35)14-21)16-39-30-25(5-2-12-37-30)24-4-1-3-23(24)18-8-11-27(34)26(13-18)31(38)40-17-20-7-10-22(33)15-29(20)36/h2,5-15H,1,3-4,16-17H2. The summed E-state index contributed by atoms with van der Waals surface area (Å²) in [6.07, 6.45) is 3.61. The second kappa shape index (κ2) is 11.7. The summed E-state index contributed by atoms with van der Waals surface area (Å²) >= 11 is 0. The van der Waals surface area contributed by atoms with Gasteiger partial charge in [0.05, 0.1) is 5.56 Å². The van der Waals surface area contributed by atoms with Crippen LogP contribution in [0.4, 0.5) is 22.0 Å². The van der Waals surface area contributed by atoms with Gasteiger partial charge in [0.1, 0.15) is 42.3 Å². The number of ether oxygens (including phenoxy) is 2. The SMILES string of the molecule is O=C(OCc1ccc(F)cc1F)c1cc(C2=C(c3cccnc3OCc3ccc(F)cc3F)CCC2)ccc1F. The van der Waals surface area contributed by atoms with E-state index in [1.54, 1.807) is 18.2 Å². The molecule has 0 saturated carbocycles. The highest BCUT2D eigenvalue weighted by atomic mass is 19.1. The molecular formula is C31H22F5NO3. The second-order valence-electron chi connectivity index (χ2n) is 9.20. The fourth-order valence-electron chi connectivity index (χ4n) is 4.61. The van der Waals surface area contributed by atoms with E-state index in [9.17, 15) is 26.7 Å². The number of pyridine rings is 1. The van der Waals surface area contributed by atoms with Crippen molar-refractivity contribution in [2.75, 3.05) is 0 Å². The predicted octanol–water partition coefficient (Wildman–Crippen LogP) is 7.81. The molecule has 1 heterocycles. The molecule has 0 bridgehead atoms. The number of esters is 1. The highest BCUT2D eigenvalue weighted by Gasteiger charge is 2.23. The number of rotatable bonds is 8. The van der Waals surface area contributed by atoms with Gasteiger partial charge in [0, 0.05) is 35.0 Å². The Hall–Kier alpha value is -4.53. The minimum Gasteiger partial charge on any atom is -0.472 e. The van der Waals surface area contributed by atoms with Crippen LogP contribution in [0, 0.1) is 29.1 Å². The van der Waals surface area contributed by atoms with Crippen LogP contribution in [-0.2, 0) is 18.0 Å². The van der Waals surface area contributed by atoms with Crippen molar-refractivity contribution in [1.29, 1.82) is 0 Å². The smallest absolute Gasteiger partial charge is 0.341 e. The third kappa shape index (κ3) is 5.88. The van der Waals surface area contributed by atoms with E-state index in [2.05, 4.69) is 4.98 Å². The van der Waals surface area contributed by atoms with Crippen molar-refractivity contribution in [1.82, 2.24) is 4.98 Å². The monoisotopic (exact) mass is 551 g/mol. The van der Waals surface area contributed by atoms with E-state index < -0.39 is 41.7 Å². The summed E-state index contributed by atoms with van der Waals surface area (Å²) in [5.41, 5.74) is 2.78. The summed E-state index contributed by atoms with van der Waals surface area (Å²) in [6, 6.07) is 13.7. The van der Waals surface area contributed by atoms with E-state index in [0.717, 1.165) is 47.9 Å². The molecule has 4 aromatic rings. The molecule has 0 N–H and O–H groups in total. The molecule has 0 spiro atoms. The number of aromatic nitrogens is 1. The first-order valence-corrected chi connectivity index (χ1v) is 12.5. The minimum atomic E-state index is -0.991. The molecule has 40 heavy (non-hydrogen) atoms. The molecule has 0 fully saturated rings. The Morgan fingerprint density at radius 1 is 0.750 bits per heavy atom. The fourth-order valence-corrected chi connectivity index (χ4v) is 4.61. The Kier molecular flexibility index (Phi) is 7.91. The average molecular weight is 552 g/mol. The van der Waals surface area contributed by atoms with Gasteiger partial charge in [0.2, 0.25) is 5.88 Å². The molecule has 204 valence electrons. The minimum absolute atomic E-state index is 0.0447. The number of allylic oxidation sites excluding steroid dienone is 2. The third-order valence-electron chi connectivity index (χ3n) is 6.60. The lowest BCUT2D eigenvalue weighted by Gasteiger charge is -2.14. The molecule has 1 aliphatic rings. The van der Waals surface area contributed by atoms with Crippen LogP contribution >= 0.6 is 0 Å². The summed E-state index contributed by atoms with van der Waals surface area (Å²) in [7, 11) is 0. The largest absolute Gasteiger partial charge is 0.472 e. The zero-order chi connectivity index (χ0) is 28.2. The van der Waals surface area contributed by atoms with Crippen molar-refractivity contribution >= 4 is 17.1 Å². The van der Waals surface area contributed by atoms with Gasteiger partial charge >= 0.3 is 5.97 Å². The van der Waals surface area contributed by atoms with Gasteiger partial charge in [0.25, 0.3) is 0 Å². The Morgan fingerprint density at radius 3 is 2.12 bits per heavy atom. The van der Waals surface area contributed by atoms with Crippen molar-refractivity contribution < 1.29 is 36.2 Å². The Morgan fingerprint density at radius 2 is 1.43 bits per heavy atom. The highest BCUT2D eigenvalue weighted by Crippen LogP contribution is 2.42. The molecule has 0 atom stereocenters. The molecule has 0 aliphatic heterocycles. The molecule has 0 radical (unpaired) electrons. The molecule has 5 rings (SSSR count). The lowest BCUT2D eigenvalue weighted by molar-refractivity contribution is 0.0463. The van der Waals surface area contributed by atoms with Crippen molar-refractivity contribution in [3.63, 3.8) is 0 Å². The average Bonchev–Trinajstić information content (AvgIpc) is 3.42. The van der Waals surface area contributed by atoms with Crippen molar-refractivity contribution in [3.8, 4) is 5.88 Å². The van der Waals surface area contributed by atoms with Gasteiger partial charge in [0.15, 0.2) is 0 Å². The van der Waals surface area contributed by atoms with Crippen LogP contribution in [0.1, 0.15) is 51.9 Å². The molecular weight excluding hydrogens is 529 g/mol. The topological polar surface area (TPSA) is 48.4 Å². The maximum atomic E-state index is 14.6. The lowest BCUT2D eigenvalue weighted by Crippen LogP contribution is -2.09. The number of carbonyl (C=O) groups is 1. The van der Waals surface area contributed by atoms with E-state index in [-0.39, 0.29) is 29.2 Å². The van der Waals surface area contributed by atoms with Gasteiger partial charge in [-0.15, -0.1) is 0 Å². The van der Waals surface area contributed by atoms with Crippen molar-refractivity contribution in [2.24, 2.45) is 0 Å². The maximum Gasteiger partial charge on any atom is 0.341 e. The fraction of sp³-hybridized carbons (Fsp3) is 0.161. The summed E-state index contributed by atoms with van der Waals surface area (Å²) in [4.78, 5) is 17.0. The van der Waals surface area contributed by atoms with Gasteiger partial charge in [-0.05, 0) is 84.5 Å². The molecule has 9 heteroatoms. The molecule has 4 nitrogen and oxygen atoms in total. The van der Waals surface area contributed by atoms with Gasteiger partial charge in [-0.2, -0.15) is 0 Å². The maximum absolute atomic E-state index is 14.6. The van der Waals surface area contributed by atoms with Gasteiger partial charge in [-0.1, -0.05) is 6.07 Å². The molecule has 1 aromatic heterocycles. The molecule has 0 saturated heterocycles. The van der Waals surface area contributed by atoms with Crippen LogP contribution in [-0.4, -0.2) is 11.0 Å². The quantitative estimate of drug-likeness (QED) is 0.166. The molecule has 0 amide bonds. The van der Waals surface area contributed by atoms with Gasteiger partial charge in [-0.25, -0.2) is 31.7 Å². The van der Waals surface area contributed by atoms with E-state index in [1.807, 2.05) is 0 Å². The third-order valence-corrected chi connectivity index (χ3v) is 6.60. The van der Waals surface area contributed by atoms with Crippen LogP contribution in [0.15, 0.2) is 72.9 Å². The number of hydrogen-bond donors (Lipinski definition) is 0. The normalized spacial score (nSPS) is 13.0. The predicted molar refractivity (Wildman–Crippen MR) is 137 cm³/mol. The summed E-state index contributed by atoms with van der Waals surface area (Å²) in [5.74, 6) is -4.60. The lowest BCUT2D eigenvalue weighted by atomic mass is 9.96. The number of hydrogen-bond acceptors (Lipinski definition) is 4. The molecule has 3 aromatic carbocycles. The molecule has 0 unspecified atom stereocenters. The first-order valence-electron chi connectivity index (χ1n) is 12.5. The van der Waals surface area contributed by atoms with Gasteiger partial charge in [-0.3, -0.25) is 0 Å². The zero-order valence-corrected chi connectivity index (χ0v) is 21.0. The summed E-state index contributed by atoms with van der Waals surface area (Å²) in [5, 5.41) is 0. The van der Waals surface area contributed by atoms with Crippen LogP contribution < -0.4 is 4.74 Å². The Balaban J connectivity index is 1.40. The van der Waals surface area contributed by atoms with Crippen molar-refractivity contribution in [3.05, 3.63) is 130 Å². The van der Waals surface area contributed by atoms with E-state index in [1.165, 1.54) is 18.3 Å². The van der Waals surface area contributed by atoms with Crippen LogP contribution in [0.2, 0.25) is 0 Å². The first-order chi connectivity index (χ1) is 19.3. The molecule has 1 aliphatic carbocycles. The first kappa shape index (κ1) is 27.1. The zero-order valence-electron chi connectivity index (χ0n) is 21.0. The summed E-state index contributed by atoms with van der Waals surface area (Å²) < 4.78 is 80.0.